The summed E-state index contributed by atoms with van der Waals surface area (Å²) >= 11 is 2.74. The molecule has 1 aliphatic rings. The molecule has 9 heteroatoms. The average Bonchev–Trinajstić information content (AvgIpc) is 3.13. The monoisotopic (exact) mass is 431 g/mol. The third kappa shape index (κ3) is 4.86. The number of imidazole rings is 1. The van der Waals surface area contributed by atoms with Crippen molar-refractivity contribution in [3.05, 3.63) is 54.6 Å². The fourth-order valence-electron chi connectivity index (χ4n) is 2.69. The zero-order chi connectivity index (χ0) is 20.2. The van der Waals surface area contributed by atoms with Crippen LogP contribution in [-0.4, -0.2) is 34.4 Å². The molecule has 0 saturated carbocycles. The van der Waals surface area contributed by atoms with Crippen molar-refractivity contribution in [1.82, 2.24) is 9.55 Å². The van der Waals surface area contributed by atoms with Crippen LogP contribution < -0.4 is 14.8 Å². The summed E-state index contributed by atoms with van der Waals surface area (Å²) < 4.78 is 26.7. The highest BCUT2D eigenvalue weighted by atomic mass is 32.2. The maximum atomic E-state index is 13.8. The molecular weight excluding hydrogens is 413 g/mol. The first-order valence-electron chi connectivity index (χ1n) is 8.85. The van der Waals surface area contributed by atoms with E-state index in [2.05, 4.69) is 10.3 Å². The summed E-state index contributed by atoms with van der Waals surface area (Å²) in [7, 11) is 1.88. The Morgan fingerprint density at radius 3 is 2.83 bits per heavy atom. The molecule has 0 aliphatic carbocycles. The summed E-state index contributed by atoms with van der Waals surface area (Å²) in [6.07, 6.45) is 3.52. The van der Waals surface area contributed by atoms with Gasteiger partial charge in [-0.25, -0.2) is 9.37 Å². The van der Waals surface area contributed by atoms with E-state index < -0.39 is 5.82 Å². The lowest BCUT2D eigenvalue weighted by atomic mass is 10.3. The van der Waals surface area contributed by atoms with E-state index in [9.17, 15) is 9.18 Å². The number of carbonyl (C=O) groups is 1. The Balaban J connectivity index is 1.41. The summed E-state index contributed by atoms with van der Waals surface area (Å²) in [4.78, 5) is 18.3. The van der Waals surface area contributed by atoms with Crippen molar-refractivity contribution in [2.24, 2.45) is 7.05 Å². The van der Waals surface area contributed by atoms with Crippen molar-refractivity contribution in [2.75, 3.05) is 24.3 Å². The molecule has 2 aromatic carbocycles. The number of nitrogens with one attached hydrogen (secondary N) is 1. The molecule has 0 saturated heterocycles. The number of ether oxygens (including phenoxy) is 2. The second-order valence-corrected chi connectivity index (χ2v) is 8.26. The molecule has 29 heavy (non-hydrogen) atoms. The Labute approximate surface area is 175 Å². The Bertz CT molecular complexity index is 1040. The van der Waals surface area contributed by atoms with Crippen LogP contribution in [0.4, 0.5) is 10.1 Å². The highest BCUT2D eigenvalue weighted by Gasteiger charge is 2.14. The zero-order valence-electron chi connectivity index (χ0n) is 15.6. The van der Waals surface area contributed by atoms with Crippen LogP contribution in [0.3, 0.4) is 0 Å². The molecule has 0 radical (unpaired) electrons. The van der Waals surface area contributed by atoms with Crippen molar-refractivity contribution >= 4 is 35.1 Å². The molecule has 2 heterocycles. The van der Waals surface area contributed by atoms with Crippen LogP contribution in [0.25, 0.3) is 0 Å². The summed E-state index contributed by atoms with van der Waals surface area (Å²) in [5.74, 6) is 0.935. The first-order chi connectivity index (χ1) is 14.1. The van der Waals surface area contributed by atoms with E-state index in [0.717, 1.165) is 14.9 Å². The molecule has 1 aromatic heterocycles. The van der Waals surface area contributed by atoms with Crippen LogP contribution in [0, 0.1) is 5.82 Å². The molecule has 150 valence electrons. The van der Waals surface area contributed by atoms with E-state index in [1.807, 2.05) is 36.0 Å². The number of amides is 1. The number of hydrogen-bond donors (Lipinski definition) is 1. The number of aromatic nitrogens is 2. The van der Waals surface area contributed by atoms with Crippen LogP contribution >= 0.6 is 23.5 Å². The van der Waals surface area contributed by atoms with Gasteiger partial charge in [-0.2, -0.15) is 0 Å². The summed E-state index contributed by atoms with van der Waals surface area (Å²) in [6.45, 7) is 1.05. The lowest BCUT2D eigenvalue weighted by Crippen LogP contribution is -2.16. The van der Waals surface area contributed by atoms with Gasteiger partial charge in [0.2, 0.25) is 5.91 Å². The van der Waals surface area contributed by atoms with Crippen molar-refractivity contribution in [3.8, 4) is 11.5 Å². The fraction of sp³-hybridized carbons (Fsp3) is 0.200. The molecule has 0 unspecified atom stereocenters. The minimum absolute atomic E-state index is 0.183. The number of carbonyl (C=O) groups excluding carboxylic acids is 1. The van der Waals surface area contributed by atoms with Crippen LogP contribution in [0.1, 0.15) is 0 Å². The number of anilines is 1. The van der Waals surface area contributed by atoms with Crippen molar-refractivity contribution in [2.45, 2.75) is 14.9 Å². The van der Waals surface area contributed by atoms with Crippen LogP contribution in [0.5, 0.6) is 11.5 Å². The number of nitrogens with zero attached hydrogens (tertiary/aromatic N) is 2. The Morgan fingerprint density at radius 2 is 2.03 bits per heavy atom. The second kappa shape index (κ2) is 8.79. The van der Waals surface area contributed by atoms with E-state index in [1.54, 1.807) is 12.3 Å². The Morgan fingerprint density at radius 1 is 1.21 bits per heavy atom. The topological polar surface area (TPSA) is 65.4 Å². The van der Waals surface area contributed by atoms with E-state index in [-0.39, 0.29) is 11.7 Å². The highest BCUT2D eigenvalue weighted by molar-refractivity contribution is 8.00. The Kier molecular flexibility index (Phi) is 5.96. The summed E-state index contributed by atoms with van der Waals surface area (Å²) in [6, 6.07) is 9.90. The van der Waals surface area contributed by atoms with E-state index >= 15 is 0 Å². The molecule has 0 bridgehead atoms. The van der Waals surface area contributed by atoms with Gasteiger partial charge in [0.05, 0.1) is 11.4 Å². The van der Waals surface area contributed by atoms with E-state index in [0.29, 0.717) is 30.4 Å². The van der Waals surface area contributed by atoms with Gasteiger partial charge in [0.1, 0.15) is 19.0 Å². The molecule has 6 nitrogen and oxygen atoms in total. The number of fused-ring (bicyclic) bond motifs is 1. The molecule has 0 atom stereocenters. The van der Waals surface area contributed by atoms with Gasteiger partial charge < -0.3 is 19.4 Å². The molecule has 0 fully saturated rings. The number of hydrogen-bond acceptors (Lipinski definition) is 6. The number of benzene rings is 2. The third-order valence-electron chi connectivity index (χ3n) is 4.08. The van der Waals surface area contributed by atoms with Gasteiger partial charge in [-0.15, -0.1) is 11.8 Å². The standard InChI is InChI=1S/C20H18FN3O3S2/c1-24-7-6-22-20(24)29-18-5-2-13(21)10-15(18)23-19(25)12-28-14-3-4-16-17(11-14)27-9-8-26-16/h2-7,10-11H,8-9,12H2,1H3,(H,23,25). The van der Waals surface area contributed by atoms with Gasteiger partial charge in [-0.1, -0.05) is 0 Å². The molecule has 3 aromatic rings. The Hall–Kier alpha value is -2.65. The predicted molar refractivity (Wildman–Crippen MR) is 111 cm³/mol. The second-order valence-electron chi connectivity index (χ2n) is 6.21. The summed E-state index contributed by atoms with van der Waals surface area (Å²) in [5, 5.41) is 3.55. The maximum Gasteiger partial charge on any atom is 0.234 e. The maximum absolute atomic E-state index is 13.8. The van der Waals surface area contributed by atoms with Gasteiger partial charge in [0.25, 0.3) is 0 Å². The highest BCUT2D eigenvalue weighted by Crippen LogP contribution is 2.35. The average molecular weight is 432 g/mol. The number of halogens is 1. The molecule has 4 rings (SSSR count). The van der Waals surface area contributed by atoms with Crippen LogP contribution in [-0.2, 0) is 11.8 Å². The third-order valence-corrected chi connectivity index (χ3v) is 6.22. The quantitative estimate of drug-likeness (QED) is 0.590. The van der Waals surface area contributed by atoms with Gasteiger partial charge in [0.15, 0.2) is 16.7 Å². The molecular formula is C20H18FN3O3S2. The number of rotatable bonds is 6. The molecule has 1 aliphatic heterocycles. The number of thioether (sulfide) groups is 1. The van der Waals surface area contributed by atoms with Gasteiger partial charge in [-0.3, -0.25) is 4.79 Å². The molecule has 1 amide bonds. The SMILES string of the molecule is Cn1ccnc1Sc1ccc(F)cc1NC(=O)CSc1ccc2c(c1)OCCO2. The number of aryl methyl sites for hydroxylation is 1. The van der Waals surface area contributed by atoms with Crippen molar-refractivity contribution in [1.29, 1.82) is 0 Å². The fourth-order valence-corrected chi connectivity index (χ4v) is 4.28. The molecule has 0 spiro atoms. The molecule has 1 N–H and O–H groups in total. The van der Waals surface area contributed by atoms with Gasteiger partial charge in [0, 0.05) is 29.2 Å². The minimum Gasteiger partial charge on any atom is -0.486 e. The van der Waals surface area contributed by atoms with Crippen molar-refractivity contribution in [3.63, 3.8) is 0 Å². The summed E-state index contributed by atoms with van der Waals surface area (Å²) in [5.41, 5.74) is 0.422. The first kappa shape index (κ1) is 19.7. The predicted octanol–water partition coefficient (Wildman–Crippen LogP) is 4.21. The largest absolute Gasteiger partial charge is 0.486 e. The smallest absolute Gasteiger partial charge is 0.234 e. The minimum atomic E-state index is -0.413. The normalized spacial score (nSPS) is 12.6. The van der Waals surface area contributed by atoms with Gasteiger partial charge in [-0.05, 0) is 48.2 Å². The van der Waals surface area contributed by atoms with Gasteiger partial charge >= 0.3 is 0 Å². The van der Waals surface area contributed by atoms with Crippen LogP contribution in [0.15, 0.2) is 63.7 Å². The van der Waals surface area contributed by atoms with Crippen molar-refractivity contribution < 1.29 is 18.7 Å². The van der Waals surface area contributed by atoms with Crippen LogP contribution in [0.2, 0.25) is 0 Å². The first-order valence-corrected chi connectivity index (χ1v) is 10.7. The van der Waals surface area contributed by atoms with E-state index in [1.165, 1.54) is 35.7 Å². The lowest BCUT2D eigenvalue weighted by molar-refractivity contribution is -0.113. The lowest BCUT2D eigenvalue weighted by Gasteiger charge is -2.18. The van der Waals surface area contributed by atoms with E-state index in [4.69, 9.17) is 9.47 Å². The zero-order valence-corrected chi connectivity index (χ0v) is 17.2.